The third kappa shape index (κ3) is 5.70. The number of hydrogen-bond donors (Lipinski definition) is 0. The van der Waals surface area contributed by atoms with Crippen LogP contribution in [-0.4, -0.2) is 19.5 Å². The zero-order valence-corrected chi connectivity index (χ0v) is 34.2. The second-order valence-corrected chi connectivity index (χ2v) is 18.1. The number of para-hydroxylation sites is 1. The predicted octanol–water partition coefficient (Wildman–Crippen LogP) is 14.2. The summed E-state index contributed by atoms with van der Waals surface area (Å²) in [6.07, 6.45) is 0. The van der Waals surface area contributed by atoms with Crippen LogP contribution in [-0.2, 0) is 10.8 Å². The molecule has 0 saturated carbocycles. The zero-order valence-electron chi connectivity index (χ0n) is 34.2. The van der Waals surface area contributed by atoms with Crippen molar-refractivity contribution in [1.82, 2.24) is 19.5 Å². The number of nitrogens with zero attached hydrogens (tertiary/aromatic N) is 4. The van der Waals surface area contributed by atoms with Gasteiger partial charge in [-0.1, -0.05) is 148 Å². The minimum atomic E-state index is -0.237. The number of hydrogen-bond acceptors (Lipinski definition) is 4. The van der Waals surface area contributed by atoms with E-state index in [1.54, 1.807) is 0 Å². The van der Waals surface area contributed by atoms with E-state index in [2.05, 4.69) is 183 Å². The van der Waals surface area contributed by atoms with Gasteiger partial charge in [-0.25, -0.2) is 15.0 Å². The highest BCUT2D eigenvalue weighted by Crippen LogP contribution is 2.45. The van der Waals surface area contributed by atoms with Gasteiger partial charge in [-0.2, -0.15) is 0 Å². The van der Waals surface area contributed by atoms with E-state index in [1.807, 2.05) is 0 Å². The molecule has 5 nitrogen and oxygen atoms in total. The Morgan fingerprint density at radius 2 is 1.20 bits per heavy atom. The van der Waals surface area contributed by atoms with E-state index in [4.69, 9.17) is 19.4 Å². The van der Waals surface area contributed by atoms with Gasteiger partial charge in [0, 0.05) is 32.4 Å². The minimum absolute atomic E-state index is 0.183. The molecule has 0 spiro atoms. The van der Waals surface area contributed by atoms with E-state index in [-0.39, 0.29) is 22.7 Å². The number of aromatic nitrogens is 4. The molecule has 0 bridgehead atoms. The Kier molecular flexibility index (Phi) is 8.25. The predicted molar refractivity (Wildman–Crippen MR) is 235 cm³/mol. The average Bonchev–Trinajstić information content (AvgIpc) is 3.76. The average molecular weight is 735 g/mol. The van der Waals surface area contributed by atoms with Crippen molar-refractivity contribution in [2.24, 2.45) is 0 Å². The molecule has 5 heteroatoms. The monoisotopic (exact) mass is 734 g/mol. The maximum Gasteiger partial charge on any atom is 0.161 e. The van der Waals surface area contributed by atoms with Crippen molar-refractivity contribution < 1.29 is 4.42 Å². The lowest BCUT2D eigenvalue weighted by Crippen LogP contribution is -2.22. The zero-order chi connectivity index (χ0) is 39.3. The van der Waals surface area contributed by atoms with Crippen LogP contribution in [0.25, 0.3) is 82.8 Å². The number of imidazole rings is 1. The molecule has 9 aromatic rings. The first kappa shape index (κ1) is 35.9. The summed E-state index contributed by atoms with van der Waals surface area (Å²) < 4.78 is 9.60. The summed E-state index contributed by atoms with van der Waals surface area (Å²) in [4.78, 5) is 16.0. The lowest BCUT2D eigenvalue weighted by Gasteiger charge is -2.24. The highest BCUT2D eigenvalue weighted by atomic mass is 16.3. The van der Waals surface area contributed by atoms with Gasteiger partial charge >= 0.3 is 0 Å². The fourth-order valence-electron chi connectivity index (χ4n) is 8.38. The molecule has 0 unspecified atom stereocenters. The van der Waals surface area contributed by atoms with Gasteiger partial charge in [0.15, 0.2) is 5.58 Å². The molecular formula is C51H50N4O. The Bertz CT molecular complexity index is 2960. The molecule has 6 aromatic carbocycles. The van der Waals surface area contributed by atoms with E-state index in [9.17, 15) is 0 Å². The molecule has 0 saturated heterocycles. The lowest BCUT2D eigenvalue weighted by molar-refractivity contribution is 0.520. The maximum atomic E-state index is 7.15. The third-order valence-electron chi connectivity index (χ3n) is 11.2. The summed E-state index contributed by atoms with van der Waals surface area (Å²) in [5, 5.41) is 5.47. The van der Waals surface area contributed by atoms with Gasteiger partial charge in [-0.3, -0.25) is 4.57 Å². The Hall–Kier alpha value is -5.81. The Labute approximate surface area is 329 Å². The minimum Gasteiger partial charge on any atom is -0.453 e. The van der Waals surface area contributed by atoms with Crippen LogP contribution in [0.15, 0.2) is 114 Å². The number of fused-ring (bicyclic) bond motifs is 8. The van der Waals surface area contributed by atoms with Gasteiger partial charge in [0.05, 0.1) is 28.0 Å². The van der Waals surface area contributed by atoms with Gasteiger partial charge in [-0.15, -0.1) is 0 Å². The number of benzene rings is 6. The first-order chi connectivity index (χ1) is 26.7. The van der Waals surface area contributed by atoms with Crippen molar-refractivity contribution in [1.29, 1.82) is 0 Å². The molecule has 0 fully saturated rings. The highest BCUT2D eigenvalue weighted by molar-refractivity contribution is 6.17. The molecule has 0 N–H and O–H groups in total. The summed E-state index contributed by atoms with van der Waals surface area (Å²) in [6, 6.07) is 39.4. The van der Waals surface area contributed by atoms with Crippen molar-refractivity contribution in [2.75, 3.05) is 0 Å². The fraction of sp³-hybridized carbons (Fsp3) is 0.275. The SMILES string of the molecule is CC(C)c1cc(-c2ccccc2)cc(C(C)C)c1-n1c(-c2cccc3c2oc2c3ccc3c(C(C)(C)C)nc(C(C)(C)C)nc32)nc2ccc3ccccc3c21. The van der Waals surface area contributed by atoms with E-state index < -0.39 is 0 Å². The standard InChI is InChI=1S/C51H50N4O/c1-29(2)39-27-33(31-17-12-11-13-18-31)28-40(30(3)4)43(39)55-44-34-20-15-14-19-32(34)23-26-41(44)52-48(55)38-22-16-21-35-36-24-25-37-42(46(36)56-45(35)38)53-49(51(8,9)10)54-47(37)50(5,6)7/h11-30H,1-10H3. The molecule has 0 aliphatic heterocycles. The van der Waals surface area contributed by atoms with E-state index >= 15 is 0 Å². The van der Waals surface area contributed by atoms with Crippen molar-refractivity contribution in [3.05, 3.63) is 132 Å². The van der Waals surface area contributed by atoms with Crippen LogP contribution in [0, 0.1) is 0 Å². The largest absolute Gasteiger partial charge is 0.453 e. The van der Waals surface area contributed by atoms with Crippen molar-refractivity contribution in [2.45, 2.75) is 91.9 Å². The van der Waals surface area contributed by atoms with Gasteiger partial charge < -0.3 is 4.42 Å². The summed E-state index contributed by atoms with van der Waals surface area (Å²) >= 11 is 0. The highest BCUT2D eigenvalue weighted by Gasteiger charge is 2.29. The molecule has 56 heavy (non-hydrogen) atoms. The maximum absolute atomic E-state index is 7.15. The topological polar surface area (TPSA) is 56.7 Å². The quantitative estimate of drug-likeness (QED) is 0.177. The Morgan fingerprint density at radius 1 is 0.554 bits per heavy atom. The van der Waals surface area contributed by atoms with E-state index in [1.165, 1.54) is 38.7 Å². The molecule has 0 atom stereocenters. The number of rotatable bonds is 5. The first-order valence-electron chi connectivity index (χ1n) is 20.0. The second-order valence-electron chi connectivity index (χ2n) is 18.1. The molecule has 0 radical (unpaired) electrons. The molecule has 0 amide bonds. The summed E-state index contributed by atoms with van der Waals surface area (Å²) in [5.74, 6) is 2.17. The lowest BCUT2D eigenvalue weighted by atomic mass is 9.87. The van der Waals surface area contributed by atoms with Crippen LogP contribution in [0.4, 0.5) is 0 Å². The smallest absolute Gasteiger partial charge is 0.161 e. The van der Waals surface area contributed by atoms with Crippen molar-refractivity contribution in [3.8, 4) is 28.2 Å². The van der Waals surface area contributed by atoms with Crippen LogP contribution in [0.2, 0.25) is 0 Å². The summed E-state index contributed by atoms with van der Waals surface area (Å²) in [6.45, 7) is 22.4. The molecule has 3 aromatic heterocycles. The van der Waals surface area contributed by atoms with Gasteiger partial charge in [0.25, 0.3) is 0 Å². The third-order valence-corrected chi connectivity index (χ3v) is 11.2. The van der Waals surface area contributed by atoms with Crippen molar-refractivity contribution in [3.63, 3.8) is 0 Å². The first-order valence-corrected chi connectivity index (χ1v) is 20.0. The van der Waals surface area contributed by atoms with Gasteiger partial charge in [0.1, 0.15) is 22.7 Å². The van der Waals surface area contributed by atoms with Crippen molar-refractivity contribution >= 4 is 54.6 Å². The fourth-order valence-corrected chi connectivity index (χ4v) is 8.38. The number of furan rings is 1. The summed E-state index contributed by atoms with van der Waals surface area (Å²) in [5.41, 5.74) is 12.3. The van der Waals surface area contributed by atoms with Crippen LogP contribution < -0.4 is 0 Å². The molecule has 3 heterocycles. The molecular weight excluding hydrogens is 685 g/mol. The van der Waals surface area contributed by atoms with Crippen LogP contribution >= 0.6 is 0 Å². The van der Waals surface area contributed by atoms with Crippen LogP contribution in [0.5, 0.6) is 0 Å². The Balaban J connectivity index is 1.42. The normalized spacial score (nSPS) is 12.8. The van der Waals surface area contributed by atoms with Crippen LogP contribution in [0.3, 0.4) is 0 Å². The molecule has 280 valence electrons. The van der Waals surface area contributed by atoms with Gasteiger partial charge in [0.2, 0.25) is 0 Å². The second kappa shape index (κ2) is 12.9. The summed E-state index contributed by atoms with van der Waals surface area (Å²) in [7, 11) is 0. The molecule has 9 rings (SSSR count). The molecule has 0 aliphatic carbocycles. The van der Waals surface area contributed by atoms with Gasteiger partial charge in [-0.05, 0) is 69.8 Å². The van der Waals surface area contributed by atoms with Crippen LogP contribution in [0.1, 0.15) is 104 Å². The Morgan fingerprint density at radius 3 is 1.88 bits per heavy atom. The van der Waals surface area contributed by atoms with E-state index in [0.717, 1.165) is 66.8 Å². The molecule has 0 aliphatic rings. The van der Waals surface area contributed by atoms with E-state index in [0.29, 0.717) is 0 Å².